The van der Waals surface area contributed by atoms with Gasteiger partial charge in [-0.25, -0.2) is 17.5 Å². The van der Waals surface area contributed by atoms with E-state index in [4.69, 9.17) is 11.6 Å². The molecule has 0 saturated heterocycles. The molecule has 2 aromatic rings. The Balaban J connectivity index is 1.55. The van der Waals surface area contributed by atoms with E-state index in [1.807, 2.05) is 0 Å². The zero-order valence-corrected chi connectivity index (χ0v) is 16.6. The summed E-state index contributed by atoms with van der Waals surface area (Å²) in [5.74, 6) is 0.194. The number of halogens is 2. The molecular formula is C18H18ClFN2O3S2. The van der Waals surface area contributed by atoms with Crippen LogP contribution in [0, 0.1) is 5.82 Å². The number of carbonyl (C=O) groups is 1. The molecule has 144 valence electrons. The van der Waals surface area contributed by atoms with Gasteiger partial charge in [-0.1, -0.05) is 11.6 Å². The lowest BCUT2D eigenvalue weighted by atomic mass is 10.0. The van der Waals surface area contributed by atoms with Crippen molar-refractivity contribution in [1.29, 1.82) is 0 Å². The molecule has 1 aliphatic rings. The van der Waals surface area contributed by atoms with Crippen LogP contribution in [0.2, 0.25) is 5.02 Å². The maximum atomic E-state index is 13.5. The molecular weight excluding hydrogens is 411 g/mol. The van der Waals surface area contributed by atoms with Crippen molar-refractivity contribution in [3.63, 3.8) is 0 Å². The molecule has 1 unspecified atom stereocenters. The van der Waals surface area contributed by atoms with Gasteiger partial charge in [-0.3, -0.25) is 4.79 Å². The van der Waals surface area contributed by atoms with Crippen molar-refractivity contribution in [2.24, 2.45) is 0 Å². The highest BCUT2D eigenvalue weighted by Gasteiger charge is 2.23. The van der Waals surface area contributed by atoms with Gasteiger partial charge in [0.1, 0.15) is 5.82 Å². The van der Waals surface area contributed by atoms with Crippen molar-refractivity contribution in [2.45, 2.75) is 28.7 Å². The lowest BCUT2D eigenvalue weighted by Gasteiger charge is -2.26. The molecule has 0 saturated carbocycles. The number of hydrogen-bond acceptors (Lipinski definition) is 4. The normalized spacial score (nSPS) is 16.6. The highest BCUT2D eigenvalue weighted by molar-refractivity contribution is 7.99. The van der Waals surface area contributed by atoms with Crippen molar-refractivity contribution >= 4 is 39.3 Å². The van der Waals surface area contributed by atoms with Crippen molar-refractivity contribution in [3.05, 3.63) is 58.9 Å². The van der Waals surface area contributed by atoms with Gasteiger partial charge in [0.05, 0.1) is 10.9 Å². The number of nitrogens with one attached hydrogen (secondary N) is 2. The first-order valence-corrected chi connectivity index (χ1v) is 11.2. The Morgan fingerprint density at radius 2 is 1.96 bits per heavy atom. The third-order valence-electron chi connectivity index (χ3n) is 4.11. The molecule has 2 N–H and O–H groups in total. The second kappa shape index (κ2) is 8.60. The van der Waals surface area contributed by atoms with Crippen LogP contribution in [0.4, 0.5) is 4.39 Å². The summed E-state index contributed by atoms with van der Waals surface area (Å²) in [5, 5.41) is 3.31. The van der Waals surface area contributed by atoms with E-state index in [1.54, 1.807) is 17.8 Å². The van der Waals surface area contributed by atoms with Gasteiger partial charge in [-0.15, -0.1) is 11.8 Å². The van der Waals surface area contributed by atoms with Crippen LogP contribution in [0.3, 0.4) is 0 Å². The molecule has 0 bridgehead atoms. The third kappa shape index (κ3) is 5.22. The molecule has 0 aromatic heterocycles. The molecule has 27 heavy (non-hydrogen) atoms. The predicted molar refractivity (Wildman–Crippen MR) is 104 cm³/mol. The molecule has 5 nitrogen and oxygen atoms in total. The molecule has 9 heteroatoms. The van der Waals surface area contributed by atoms with Crippen molar-refractivity contribution in [1.82, 2.24) is 10.0 Å². The summed E-state index contributed by atoms with van der Waals surface area (Å²) in [6, 6.07) is 10.1. The highest BCUT2D eigenvalue weighted by Crippen LogP contribution is 2.36. The van der Waals surface area contributed by atoms with E-state index in [1.165, 1.54) is 36.4 Å². The molecule has 0 radical (unpaired) electrons. The third-order valence-corrected chi connectivity index (χ3v) is 6.97. The van der Waals surface area contributed by atoms with Crippen LogP contribution in [0.5, 0.6) is 0 Å². The fourth-order valence-corrected chi connectivity index (χ4v) is 5.04. The largest absolute Gasteiger partial charge is 0.349 e. The monoisotopic (exact) mass is 428 g/mol. The Kier molecular flexibility index (Phi) is 6.41. The Bertz CT molecular complexity index is 936. The van der Waals surface area contributed by atoms with Gasteiger partial charge in [0.2, 0.25) is 15.9 Å². The quantitative estimate of drug-likeness (QED) is 0.738. The Hall–Kier alpha value is -1.61. The number of sulfonamides is 1. The van der Waals surface area contributed by atoms with Crippen LogP contribution in [-0.4, -0.2) is 26.6 Å². The topological polar surface area (TPSA) is 75.3 Å². The van der Waals surface area contributed by atoms with E-state index in [2.05, 4.69) is 10.0 Å². The molecule has 0 spiro atoms. The van der Waals surface area contributed by atoms with Gasteiger partial charge >= 0.3 is 0 Å². The number of benzene rings is 2. The zero-order chi connectivity index (χ0) is 19.4. The molecule has 1 atom stereocenters. The minimum atomic E-state index is -3.70. The Morgan fingerprint density at radius 3 is 2.70 bits per heavy atom. The molecule has 1 amide bonds. The summed E-state index contributed by atoms with van der Waals surface area (Å²) in [6.07, 6.45) is 0.685. The van der Waals surface area contributed by atoms with Gasteiger partial charge in [0, 0.05) is 28.6 Å². The second-order valence-electron chi connectivity index (χ2n) is 6.04. The number of fused-ring (bicyclic) bond motifs is 1. The average Bonchev–Trinajstić information content (AvgIpc) is 2.62. The molecule has 3 rings (SSSR count). The molecule has 1 heterocycles. The van der Waals surface area contributed by atoms with Gasteiger partial charge in [-0.05, 0) is 54.4 Å². The molecule has 2 aromatic carbocycles. The van der Waals surface area contributed by atoms with E-state index in [0.717, 1.165) is 16.2 Å². The summed E-state index contributed by atoms with van der Waals surface area (Å²) in [5.41, 5.74) is 0.765. The number of amides is 1. The van der Waals surface area contributed by atoms with E-state index in [-0.39, 0.29) is 35.6 Å². The first kappa shape index (κ1) is 20.1. The van der Waals surface area contributed by atoms with E-state index in [0.29, 0.717) is 11.4 Å². The summed E-state index contributed by atoms with van der Waals surface area (Å²) < 4.78 is 40.3. The first-order chi connectivity index (χ1) is 12.8. The fourth-order valence-electron chi connectivity index (χ4n) is 2.78. The van der Waals surface area contributed by atoms with Crippen molar-refractivity contribution < 1.29 is 17.6 Å². The van der Waals surface area contributed by atoms with Crippen LogP contribution in [-0.2, 0) is 14.8 Å². The maximum absolute atomic E-state index is 13.5. The molecule has 0 aliphatic carbocycles. The van der Waals surface area contributed by atoms with Crippen LogP contribution in [0.1, 0.15) is 24.4 Å². The van der Waals surface area contributed by atoms with Crippen LogP contribution in [0.15, 0.2) is 52.3 Å². The van der Waals surface area contributed by atoms with Gasteiger partial charge in [-0.2, -0.15) is 0 Å². The van der Waals surface area contributed by atoms with Crippen LogP contribution in [0.25, 0.3) is 0 Å². The minimum Gasteiger partial charge on any atom is -0.349 e. The lowest BCUT2D eigenvalue weighted by Crippen LogP contribution is -2.34. The Morgan fingerprint density at radius 1 is 1.22 bits per heavy atom. The first-order valence-electron chi connectivity index (χ1n) is 8.32. The summed E-state index contributed by atoms with van der Waals surface area (Å²) in [7, 11) is -3.70. The smallest absolute Gasteiger partial charge is 0.240 e. The standard InChI is InChI=1S/C18H18ClFN2O3S2/c19-12-1-4-14(5-2-12)27(24,25)21-9-7-18(23)22-16-8-10-26-17-6-3-13(20)11-15(16)17/h1-6,11,16,21H,7-10H2,(H,22,23). The number of thioether (sulfide) groups is 1. The van der Waals surface area contributed by atoms with Crippen LogP contribution < -0.4 is 10.0 Å². The minimum absolute atomic E-state index is 0.0128. The number of rotatable bonds is 6. The fraction of sp³-hybridized carbons (Fsp3) is 0.278. The summed E-state index contributed by atoms with van der Waals surface area (Å²) in [6.45, 7) is -0.0335. The number of hydrogen-bond donors (Lipinski definition) is 2. The van der Waals surface area contributed by atoms with Crippen molar-refractivity contribution in [3.8, 4) is 0 Å². The predicted octanol–water partition coefficient (Wildman–Crippen LogP) is 3.50. The second-order valence-corrected chi connectivity index (χ2v) is 9.38. The van der Waals surface area contributed by atoms with Crippen LogP contribution >= 0.6 is 23.4 Å². The average molecular weight is 429 g/mol. The van der Waals surface area contributed by atoms with E-state index in [9.17, 15) is 17.6 Å². The Labute approximate surface area is 166 Å². The van der Waals surface area contributed by atoms with Gasteiger partial charge in [0.25, 0.3) is 0 Å². The molecule has 1 aliphatic heterocycles. The van der Waals surface area contributed by atoms with E-state index < -0.39 is 10.0 Å². The number of carbonyl (C=O) groups excluding carboxylic acids is 1. The molecule has 0 fully saturated rings. The lowest BCUT2D eigenvalue weighted by molar-refractivity contribution is -0.121. The SMILES string of the molecule is O=C(CCNS(=O)(=O)c1ccc(Cl)cc1)NC1CCSc2ccc(F)cc21. The summed E-state index contributed by atoms with van der Waals surface area (Å²) in [4.78, 5) is 13.2. The van der Waals surface area contributed by atoms with Crippen molar-refractivity contribution in [2.75, 3.05) is 12.3 Å². The maximum Gasteiger partial charge on any atom is 0.240 e. The van der Waals surface area contributed by atoms with Gasteiger partial charge < -0.3 is 5.32 Å². The van der Waals surface area contributed by atoms with E-state index >= 15 is 0 Å². The highest BCUT2D eigenvalue weighted by atomic mass is 35.5. The zero-order valence-electron chi connectivity index (χ0n) is 14.2. The summed E-state index contributed by atoms with van der Waals surface area (Å²) >= 11 is 7.38. The van der Waals surface area contributed by atoms with Gasteiger partial charge in [0.15, 0.2) is 0 Å².